The summed E-state index contributed by atoms with van der Waals surface area (Å²) >= 11 is 3.33. The Labute approximate surface area is 120 Å². The molecule has 0 heterocycles. The van der Waals surface area contributed by atoms with Crippen molar-refractivity contribution in [3.63, 3.8) is 0 Å². The molecular weight excluding hydrogens is 308 g/mol. The lowest BCUT2D eigenvalue weighted by molar-refractivity contribution is -0.123. The number of carbonyl (C=O) groups excluding carboxylic acids is 1. The first-order valence-electron chi connectivity index (χ1n) is 6.04. The molecule has 5 heteroatoms. The summed E-state index contributed by atoms with van der Waals surface area (Å²) in [7, 11) is 0. The van der Waals surface area contributed by atoms with Crippen LogP contribution < -0.4 is 10.2 Å². The normalized spacial score (nSPS) is 16.3. The largest absolute Gasteiger partial charge is 0.484 e. The Hall–Kier alpha value is -1.62. The van der Waals surface area contributed by atoms with Gasteiger partial charge in [0.25, 0.3) is 5.91 Å². The van der Waals surface area contributed by atoms with Crippen LogP contribution in [0.1, 0.15) is 19.8 Å². The molecule has 1 aliphatic carbocycles. The number of amides is 1. The van der Waals surface area contributed by atoms with Gasteiger partial charge in [0.15, 0.2) is 6.61 Å². The molecule has 0 fully saturated rings. The molecule has 1 aromatic rings. The van der Waals surface area contributed by atoms with E-state index in [1.165, 1.54) is 5.57 Å². The van der Waals surface area contributed by atoms with E-state index in [0.717, 1.165) is 23.0 Å². The fourth-order valence-electron chi connectivity index (χ4n) is 1.69. The van der Waals surface area contributed by atoms with Gasteiger partial charge in [-0.1, -0.05) is 21.5 Å². The van der Waals surface area contributed by atoms with Gasteiger partial charge in [-0.25, -0.2) is 5.43 Å². The highest BCUT2D eigenvalue weighted by molar-refractivity contribution is 9.10. The molecular formula is C14H15BrN2O2. The molecule has 1 aromatic carbocycles. The van der Waals surface area contributed by atoms with Crippen molar-refractivity contribution in [2.75, 3.05) is 6.61 Å². The Morgan fingerprint density at radius 2 is 2.11 bits per heavy atom. The molecule has 0 saturated carbocycles. The van der Waals surface area contributed by atoms with E-state index in [9.17, 15) is 4.79 Å². The van der Waals surface area contributed by atoms with Gasteiger partial charge >= 0.3 is 0 Å². The molecule has 1 N–H and O–H groups in total. The summed E-state index contributed by atoms with van der Waals surface area (Å²) in [6.07, 6.45) is 3.90. The van der Waals surface area contributed by atoms with Crippen molar-refractivity contribution in [1.82, 2.24) is 5.43 Å². The SMILES string of the molecule is CC1=C/C(=N/NC(=O)COc2ccc(Br)cc2)CC1. The number of allylic oxidation sites excluding steroid dienone is 2. The number of ether oxygens (including phenoxy) is 1. The minimum atomic E-state index is -0.256. The summed E-state index contributed by atoms with van der Waals surface area (Å²) in [6, 6.07) is 7.32. The van der Waals surface area contributed by atoms with Crippen LogP contribution >= 0.6 is 15.9 Å². The van der Waals surface area contributed by atoms with Gasteiger partial charge in [-0.05, 0) is 50.1 Å². The number of halogens is 1. The molecule has 4 nitrogen and oxygen atoms in total. The van der Waals surface area contributed by atoms with E-state index in [0.29, 0.717) is 5.75 Å². The van der Waals surface area contributed by atoms with Crippen LogP contribution in [0.3, 0.4) is 0 Å². The number of rotatable bonds is 4. The molecule has 0 aromatic heterocycles. The van der Waals surface area contributed by atoms with Crippen molar-refractivity contribution >= 4 is 27.5 Å². The minimum Gasteiger partial charge on any atom is -0.484 e. The second-order valence-corrected chi connectivity index (χ2v) is 5.29. The number of hydrogen-bond acceptors (Lipinski definition) is 3. The third-order valence-corrected chi connectivity index (χ3v) is 3.22. The minimum absolute atomic E-state index is 0.0406. The van der Waals surface area contributed by atoms with E-state index < -0.39 is 0 Å². The average molecular weight is 323 g/mol. The number of hydrazone groups is 1. The monoisotopic (exact) mass is 322 g/mol. The van der Waals surface area contributed by atoms with E-state index in [-0.39, 0.29) is 12.5 Å². The first kappa shape index (κ1) is 13.8. The van der Waals surface area contributed by atoms with Crippen LogP contribution in [-0.4, -0.2) is 18.2 Å². The Morgan fingerprint density at radius 3 is 2.74 bits per heavy atom. The maximum absolute atomic E-state index is 11.5. The molecule has 0 unspecified atom stereocenters. The fraction of sp³-hybridized carbons (Fsp3) is 0.286. The number of hydrogen-bond donors (Lipinski definition) is 1. The Kier molecular flexibility index (Phi) is 4.74. The Morgan fingerprint density at radius 1 is 1.37 bits per heavy atom. The smallest absolute Gasteiger partial charge is 0.277 e. The fourth-order valence-corrected chi connectivity index (χ4v) is 1.95. The van der Waals surface area contributed by atoms with Crippen molar-refractivity contribution < 1.29 is 9.53 Å². The molecule has 0 saturated heterocycles. The van der Waals surface area contributed by atoms with E-state index in [1.807, 2.05) is 18.2 Å². The highest BCUT2D eigenvalue weighted by Crippen LogP contribution is 2.16. The van der Waals surface area contributed by atoms with Crippen LogP contribution in [0.2, 0.25) is 0 Å². The van der Waals surface area contributed by atoms with Gasteiger partial charge in [-0.2, -0.15) is 5.10 Å². The lowest BCUT2D eigenvalue weighted by Crippen LogP contribution is -2.25. The maximum Gasteiger partial charge on any atom is 0.277 e. The van der Waals surface area contributed by atoms with Crippen LogP contribution in [0.25, 0.3) is 0 Å². The predicted octanol–water partition coefficient (Wildman–Crippen LogP) is 3.04. The van der Waals surface area contributed by atoms with Crippen LogP contribution in [0.15, 0.2) is 45.5 Å². The highest BCUT2D eigenvalue weighted by atomic mass is 79.9. The third kappa shape index (κ3) is 4.52. The van der Waals surface area contributed by atoms with Crippen LogP contribution in [0, 0.1) is 0 Å². The van der Waals surface area contributed by atoms with Crippen molar-refractivity contribution in [3.05, 3.63) is 40.4 Å². The van der Waals surface area contributed by atoms with Crippen molar-refractivity contribution in [2.45, 2.75) is 19.8 Å². The van der Waals surface area contributed by atoms with Crippen molar-refractivity contribution in [1.29, 1.82) is 0 Å². The zero-order valence-electron chi connectivity index (χ0n) is 10.6. The van der Waals surface area contributed by atoms with E-state index in [1.54, 1.807) is 12.1 Å². The van der Waals surface area contributed by atoms with Crippen LogP contribution in [-0.2, 0) is 4.79 Å². The Bertz CT molecular complexity index is 521. The molecule has 100 valence electrons. The molecule has 1 amide bonds. The lowest BCUT2D eigenvalue weighted by Gasteiger charge is -2.05. The van der Waals surface area contributed by atoms with Gasteiger partial charge < -0.3 is 4.74 Å². The second-order valence-electron chi connectivity index (χ2n) is 4.37. The van der Waals surface area contributed by atoms with Gasteiger partial charge in [-0.15, -0.1) is 0 Å². The van der Waals surface area contributed by atoms with Gasteiger partial charge in [0, 0.05) is 4.47 Å². The summed E-state index contributed by atoms with van der Waals surface area (Å²) in [5.74, 6) is 0.399. The van der Waals surface area contributed by atoms with E-state index >= 15 is 0 Å². The van der Waals surface area contributed by atoms with Crippen molar-refractivity contribution in [3.8, 4) is 5.75 Å². The average Bonchev–Trinajstić information content (AvgIpc) is 2.81. The summed E-state index contributed by atoms with van der Waals surface area (Å²) in [6.45, 7) is 2.02. The molecule has 0 atom stereocenters. The number of nitrogens with zero attached hydrogens (tertiary/aromatic N) is 1. The summed E-state index contributed by atoms with van der Waals surface area (Å²) < 4.78 is 6.31. The summed E-state index contributed by atoms with van der Waals surface area (Å²) in [5, 5.41) is 4.05. The predicted molar refractivity (Wildman–Crippen MR) is 78.2 cm³/mol. The number of benzene rings is 1. The maximum atomic E-state index is 11.5. The molecule has 0 spiro atoms. The first-order valence-corrected chi connectivity index (χ1v) is 6.84. The van der Waals surface area contributed by atoms with Gasteiger partial charge in [0.05, 0.1) is 5.71 Å². The number of nitrogens with one attached hydrogen (secondary N) is 1. The quantitative estimate of drug-likeness (QED) is 0.866. The third-order valence-electron chi connectivity index (χ3n) is 2.70. The zero-order valence-corrected chi connectivity index (χ0v) is 12.2. The van der Waals surface area contributed by atoms with Crippen molar-refractivity contribution in [2.24, 2.45) is 5.10 Å². The van der Waals surface area contributed by atoms with Gasteiger partial charge in [0.2, 0.25) is 0 Å². The van der Waals surface area contributed by atoms with Crippen LogP contribution in [0.4, 0.5) is 0 Å². The zero-order chi connectivity index (χ0) is 13.7. The Balaban J connectivity index is 1.77. The molecule has 0 aliphatic heterocycles. The van der Waals surface area contributed by atoms with E-state index in [4.69, 9.17) is 4.74 Å². The molecule has 1 aliphatic rings. The van der Waals surface area contributed by atoms with Gasteiger partial charge in [-0.3, -0.25) is 4.79 Å². The summed E-state index contributed by atoms with van der Waals surface area (Å²) in [4.78, 5) is 11.5. The standard InChI is InChI=1S/C14H15BrN2O2/c1-10-2-5-12(8-10)16-17-14(18)9-19-13-6-3-11(15)4-7-13/h3-4,6-8H,2,5,9H2,1H3,(H,17,18)/b16-12+. The lowest BCUT2D eigenvalue weighted by atomic mass is 10.3. The number of carbonyl (C=O) groups is 1. The molecule has 0 bridgehead atoms. The van der Waals surface area contributed by atoms with Crippen LogP contribution in [0.5, 0.6) is 5.75 Å². The first-order chi connectivity index (χ1) is 9.13. The van der Waals surface area contributed by atoms with E-state index in [2.05, 4.69) is 33.4 Å². The molecule has 2 rings (SSSR count). The van der Waals surface area contributed by atoms with Gasteiger partial charge in [0.1, 0.15) is 5.75 Å². The topological polar surface area (TPSA) is 50.7 Å². The molecule has 19 heavy (non-hydrogen) atoms. The summed E-state index contributed by atoms with van der Waals surface area (Å²) in [5.41, 5.74) is 4.70. The highest BCUT2D eigenvalue weighted by Gasteiger charge is 2.07. The molecule has 0 radical (unpaired) electrons. The second kappa shape index (κ2) is 6.52.